The first-order chi connectivity index (χ1) is 12.8. The zero-order valence-corrected chi connectivity index (χ0v) is 16.1. The maximum absolute atomic E-state index is 6.00. The summed E-state index contributed by atoms with van der Waals surface area (Å²) >= 11 is 6.00. The van der Waals surface area contributed by atoms with Crippen LogP contribution < -0.4 is 0 Å². The summed E-state index contributed by atoms with van der Waals surface area (Å²) in [5.41, 5.74) is 2.28. The lowest BCUT2D eigenvalue weighted by Gasteiger charge is -2.06. The van der Waals surface area contributed by atoms with Crippen molar-refractivity contribution in [1.29, 1.82) is 0 Å². The molecule has 0 N–H and O–H groups in total. The van der Waals surface area contributed by atoms with E-state index in [4.69, 9.17) is 21.7 Å². The van der Waals surface area contributed by atoms with Gasteiger partial charge < -0.3 is 0 Å². The van der Waals surface area contributed by atoms with Crippen LogP contribution in [0.15, 0.2) is 54.6 Å². The Morgan fingerprint density at radius 2 is 1.62 bits per heavy atom. The number of nitrogens with zero attached hydrogens (tertiary/aromatic N) is 3. The van der Waals surface area contributed by atoms with E-state index >= 15 is 0 Å². The van der Waals surface area contributed by atoms with Gasteiger partial charge in [0.25, 0.3) is 0 Å². The summed E-state index contributed by atoms with van der Waals surface area (Å²) in [7, 11) is 0. The molecule has 2 aromatic carbocycles. The second kappa shape index (κ2) is 9.54. The highest BCUT2D eigenvalue weighted by atomic mass is 35.5. The Hall–Kier alpha value is -2.13. The van der Waals surface area contributed by atoms with Crippen LogP contribution in [0.2, 0.25) is 5.02 Å². The first-order valence-corrected chi connectivity index (χ1v) is 9.87. The predicted octanol–water partition coefficient (Wildman–Crippen LogP) is 6.16. The van der Waals surface area contributed by atoms with Crippen LogP contribution in [0.3, 0.4) is 0 Å². The number of unbranched alkanes of at least 4 members (excludes halogenated alkanes) is 4. The molecule has 0 atom stereocenters. The van der Waals surface area contributed by atoms with Gasteiger partial charge in [0.1, 0.15) is 0 Å². The molecular formula is C22H26ClN3. The number of hydrogen-bond acceptors (Lipinski definition) is 2. The lowest BCUT2D eigenvalue weighted by atomic mass is 10.1. The van der Waals surface area contributed by atoms with E-state index in [-0.39, 0.29) is 0 Å². The van der Waals surface area contributed by atoms with E-state index in [1.807, 2.05) is 47.1 Å². The molecule has 0 spiro atoms. The molecule has 0 saturated carbocycles. The minimum atomic E-state index is 0.699. The fourth-order valence-electron chi connectivity index (χ4n) is 3.06. The Bertz CT molecular complexity index is 794. The standard InChI is InChI=1S/C22H26ClN3/c1-2-3-4-5-9-12-21-24-22(19-10-7-6-8-11-19)26(25-21)17-18-13-15-20(23)16-14-18/h6-8,10-11,13-16H,2-5,9,12,17H2,1H3. The van der Waals surface area contributed by atoms with Crippen LogP contribution in [0, 0.1) is 0 Å². The van der Waals surface area contributed by atoms with Crippen LogP contribution in [0.5, 0.6) is 0 Å². The maximum Gasteiger partial charge on any atom is 0.158 e. The van der Waals surface area contributed by atoms with Gasteiger partial charge >= 0.3 is 0 Å². The Kier molecular flexibility index (Phi) is 6.84. The first-order valence-electron chi connectivity index (χ1n) is 9.50. The molecule has 0 aliphatic carbocycles. The van der Waals surface area contributed by atoms with Crippen LogP contribution in [-0.4, -0.2) is 14.8 Å². The molecule has 0 saturated heterocycles. The molecule has 0 unspecified atom stereocenters. The molecule has 3 aromatic rings. The van der Waals surface area contributed by atoms with Crippen molar-refractivity contribution in [3.8, 4) is 11.4 Å². The number of benzene rings is 2. The molecule has 4 heteroatoms. The summed E-state index contributed by atoms with van der Waals surface area (Å²) in [4.78, 5) is 4.84. The second-order valence-electron chi connectivity index (χ2n) is 6.67. The highest BCUT2D eigenvalue weighted by Crippen LogP contribution is 2.20. The molecule has 0 aliphatic heterocycles. The van der Waals surface area contributed by atoms with Gasteiger partial charge in [-0.05, 0) is 24.1 Å². The van der Waals surface area contributed by atoms with Crippen molar-refractivity contribution >= 4 is 11.6 Å². The van der Waals surface area contributed by atoms with Crippen LogP contribution in [0.25, 0.3) is 11.4 Å². The zero-order valence-electron chi connectivity index (χ0n) is 15.4. The lowest BCUT2D eigenvalue weighted by Crippen LogP contribution is -2.04. The number of hydrogen-bond donors (Lipinski definition) is 0. The molecule has 1 heterocycles. The van der Waals surface area contributed by atoms with Crippen molar-refractivity contribution in [2.75, 3.05) is 0 Å². The van der Waals surface area contributed by atoms with Crippen molar-refractivity contribution in [3.05, 3.63) is 71.0 Å². The van der Waals surface area contributed by atoms with E-state index in [2.05, 4.69) is 19.1 Å². The van der Waals surface area contributed by atoms with Gasteiger partial charge in [-0.2, -0.15) is 5.10 Å². The van der Waals surface area contributed by atoms with E-state index in [1.54, 1.807) is 0 Å². The van der Waals surface area contributed by atoms with E-state index in [0.29, 0.717) is 6.54 Å². The van der Waals surface area contributed by atoms with Crippen molar-refractivity contribution in [1.82, 2.24) is 14.8 Å². The van der Waals surface area contributed by atoms with Crippen LogP contribution in [0.1, 0.15) is 50.4 Å². The van der Waals surface area contributed by atoms with Crippen molar-refractivity contribution in [2.45, 2.75) is 52.0 Å². The molecule has 3 rings (SSSR count). The average Bonchev–Trinajstić information content (AvgIpc) is 3.07. The highest BCUT2D eigenvalue weighted by Gasteiger charge is 2.12. The molecular weight excluding hydrogens is 342 g/mol. The Balaban J connectivity index is 1.77. The Morgan fingerprint density at radius 3 is 2.35 bits per heavy atom. The van der Waals surface area contributed by atoms with Gasteiger partial charge in [-0.25, -0.2) is 9.67 Å². The molecule has 0 radical (unpaired) electrons. The average molecular weight is 368 g/mol. The smallest absolute Gasteiger partial charge is 0.158 e. The summed E-state index contributed by atoms with van der Waals surface area (Å²) in [6.07, 6.45) is 7.23. The lowest BCUT2D eigenvalue weighted by molar-refractivity contribution is 0.614. The predicted molar refractivity (Wildman–Crippen MR) is 108 cm³/mol. The molecule has 3 nitrogen and oxygen atoms in total. The van der Waals surface area contributed by atoms with Crippen molar-refractivity contribution in [3.63, 3.8) is 0 Å². The third-order valence-corrected chi connectivity index (χ3v) is 4.75. The van der Waals surface area contributed by atoms with Gasteiger partial charge in [0.05, 0.1) is 6.54 Å². The third-order valence-electron chi connectivity index (χ3n) is 4.50. The van der Waals surface area contributed by atoms with Crippen molar-refractivity contribution in [2.24, 2.45) is 0 Å². The summed E-state index contributed by atoms with van der Waals surface area (Å²) in [5, 5.41) is 5.55. The largest absolute Gasteiger partial charge is 0.241 e. The fourth-order valence-corrected chi connectivity index (χ4v) is 3.18. The zero-order chi connectivity index (χ0) is 18.2. The quantitative estimate of drug-likeness (QED) is 0.424. The Morgan fingerprint density at radius 1 is 0.885 bits per heavy atom. The molecule has 136 valence electrons. The van der Waals surface area contributed by atoms with Crippen LogP contribution >= 0.6 is 11.6 Å². The van der Waals surface area contributed by atoms with Gasteiger partial charge in [0.2, 0.25) is 0 Å². The normalized spacial score (nSPS) is 11.0. The van der Waals surface area contributed by atoms with Gasteiger partial charge in [-0.1, -0.05) is 86.7 Å². The number of aryl methyl sites for hydroxylation is 1. The van der Waals surface area contributed by atoms with Crippen LogP contribution in [-0.2, 0) is 13.0 Å². The third kappa shape index (κ3) is 5.18. The minimum absolute atomic E-state index is 0.699. The SMILES string of the molecule is CCCCCCCc1nc(-c2ccccc2)n(Cc2ccc(Cl)cc2)n1. The number of aromatic nitrogens is 3. The molecule has 0 aliphatic rings. The van der Waals surface area contributed by atoms with Gasteiger partial charge in [-0.3, -0.25) is 0 Å². The summed E-state index contributed by atoms with van der Waals surface area (Å²) in [5.74, 6) is 1.87. The van der Waals surface area contributed by atoms with Gasteiger partial charge in [0.15, 0.2) is 11.6 Å². The molecule has 1 aromatic heterocycles. The number of halogens is 1. The minimum Gasteiger partial charge on any atom is -0.241 e. The topological polar surface area (TPSA) is 30.7 Å². The van der Waals surface area contributed by atoms with E-state index in [0.717, 1.165) is 35.1 Å². The molecule has 0 amide bonds. The van der Waals surface area contributed by atoms with Crippen LogP contribution in [0.4, 0.5) is 0 Å². The monoisotopic (exact) mass is 367 g/mol. The molecule has 0 fully saturated rings. The van der Waals surface area contributed by atoms with Crippen molar-refractivity contribution < 1.29 is 0 Å². The first kappa shape index (κ1) is 18.7. The summed E-state index contributed by atoms with van der Waals surface area (Å²) in [6, 6.07) is 18.2. The number of rotatable bonds is 9. The summed E-state index contributed by atoms with van der Waals surface area (Å²) in [6.45, 7) is 2.94. The van der Waals surface area contributed by atoms with E-state index < -0.39 is 0 Å². The summed E-state index contributed by atoms with van der Waals surface area (Å²) < 4.78 is 2.01. The van der Waals surface area contributed by atoms with E-state index in [9.17, 15) is 0 Å². The van der Waals surface area contributed by atoms with Gasteiger partial charge in [-0.15, -0.1) is 0 Å². The molecule has 26 heavy (non-hydrogen) atoms. The molecule has 0 bridgehead atoms. The second-order valence-corrected chi connectivity index (χ2v) is 7.10. The van der Waals surface area contributed by atoms with E-state index in [1.165, 1.54) is 31.2 Å². The maximum atomic E-state index is 6.00. The fraction of sp³-hybridized carbons (Fsp3) is 0.364. The Labute approximate surface area is 161 Å². The highest BCUT2D eigenvalue weighted by molar-refractivity contribution is 6.30. The van der Waals surface area contributed by atoms with Gasteiger partial charge in [0, 0.05) is 17.0 Å².